The Morgan fingerprint density at radius 2 is 1.72 bits per heavy atom. The second kappa shape index (κ2) is 8.46. The van der Waals surface area contributed by atoms with Crippen LogP contribution in [0.2, 0.25) is 0 Å². The number of aryl methyl sites for hydroxylation is 3. The van der Waals surface area contributed by atoms with E-state index < -0.39 is 10.0 Å². The number of fused-ring (bicyclic) bond motifs is 2. The fourth-order valence-electron chi connectivity index (χ4n) is 4.85. The zero-order chi connectivity index (χ0) is 22.3. The molecule has 6 nitrogen and oxygen atoms in total. The number of sulfonamides is 1. The predicted molar refractivity (Wildman–Crippen MR) is 124 cm³/mol. The Hall–Kier alpha value is -2.48. The molecule has 0 unspecified atom stereocenters. The molecule has 0 spiro atoms. The van der Waals surface area contributed by atoms with Crippen molar-refractivity contribution in [2.75, 3.05) is 26.2 Å². The minimum atomic E-state index is -3.49. The smallest absolute Gasteiger partial charge is 0.336 e. The third-order valence-corrected chi connectivity index (χ3v) is 8.63. The monoisotopic (exact) mass is 452 g/mol. The lowest BCUT2D eigenvalue weighted by atomic mass is 10.1. The van der Waals surface area contributed by atoms with Crippen LogP contribution in [0.1, 0.15) is 35.6 Å². The van der Waals surface area contributed by atoms with Gasteiger partial charge in [-0.3, -0.25) is 4.90 Å². The highest BCUT2D eigenvalue weighted by Crippen LogP contribution is 2.27. The van der Waals surface area contributed by atoms with Gasteiger partial charge in [-0.1, -0.05) is 25.1 Å². The molecule has 2 aliphatic rings. The molecule has 2 heterocycles. The highest BCUT2D eigenvalue weighted by atomic mass is 32.2. The topological polar surface area (TPSA) is 70.8 Å². The first-order valence-corrected chi connectivity index (χ1v) is 12.8. The highest BCUT2D eigenvalue weighted by Gasteiger charge is 2.29. The molecule has 3 aromatic rings. The Kier molecular flexibility index (Phi) is 5.65. The number of piperazine rings is 1. The van der Waals surface area contributed by atoms with E-state index in [0.29, 0.717) is 43.2 Å². The van der Waals surface area contributed by atoms with E-state index in [1.807, 2.05) is 24.3 Å². The Balaban J connectivity index is 1.31. The minimum absolute atomic E-state index is 0.349. The van der Waals surface area contributed by atoms with Gasteiger partial charge in [-0.05, 0) is 66.1 Å². The minimum Gasteiger partial charge on any atom is -0.423 e. The molecule has 168 valence electrons. The Morgan fingerprint density at radius 1 is 0.938 bits per heavy atom. The van der Waals surface area contributed by atoms with Gasteiger partial charge in [-0.25, -0.2) is 13.2 Å². The van der Waals surface area contributed by atoms with Crippen LogP contribution < -0.4 is 5.63 Å². The molecular formula is C25H28N2O4S. The van der Waals surface area contributed by atoms with E-state index in [-0.39, 0.29) is 5.63 Å². The van der Waals surface area contributed by atoms with Gasteiger partial charge in [0.25, 0.3) is 0 Å². The van der Waals surface area contributed by atoms with Gasteiger partial charge in [0.05, 0.1) is 4.90 Å². The summed E-state index contributed by atoms with van der Waals surface area (Å²) in [5.41, 5.74) is 4.77. The molecule has 1 saturated heterocycles. The molecule has 0 N–H and O–H groups in total. The summed E-state index contributed by atoms with van der Waals surface area (Å²) >= 11 is 0. The van der Waals surface area contributed by atoms with E-state index in [9.17, 15) is 13.2 Å². The predicted octanol–water partition coefficient (Wildman–Crippen LogP) is 3.35. The highest BCUT2D eigenvalue weighted by molar-refractivity contribution is 7.89. The molecule has 0 radical (unpaired) electrons. The summed E-state index contributed by atoms with van der Waals surface area (Å²) in [6.45, 7) is 4.80. The number of hydrogen-bond donors (Lipinski definition) is 0. The zero-order valence-corrected chi connectivity index (χ0v) is 19.2. The first kappa shape index (κ1) is 21.4. The molecule has 1 aliphatic heterocycles. The lowest BCUT2D eigenvalue weighted by Crippen LogP contribution is -2.48. The average Bonchev–Trinajstić information content (AvgIpc) is 3.27. The van der Waals surface area contributed by atoms with Crippen LogP contribution in [0.4, 0.5) is 0 Å². The number of hydrogen-bond acceptors (Lipinski definition) is 5. The van der Waals surface area contributed by atoms with Crippen molar-refractivity contribution in [1.29, 1.82) is 0 Å². The van der Waals surface area contributed by atoms with Gasteiger partial charge in [-0.2, -0.15) is 4.31 Å². The van der Waals surface area contributed by atoms with Crippen molar-refractivity contribution in [2.24, 2.45) is 0 Å². The maximum Gasteiger partial charge on any atom is 0.336 e. The van der Waals surface area contributed by atoms with E-state index in [1.165, 1.54) is 11.1 Å². The summed E-state index contributed by atoms with van der Waals surface area (Å²) in [5.74, 6) is 0. The van der Waals surface area contributed by atoms with E-state index in [0.717, 1.165) is 42.2 Å². The van der Waals surface area contributed by atoms with Crippen LogP contribution in [-0.2, 0) is 35.8 Å². The number of rotatable bonds is 5. The van der Waals surface area contributed by atoms with Crippen molar-refractivity contribution in [2.45, 2.75) is 44.0 Å². The molecule has 1 fully saturated rings. The fraction of sp³-hybridized carbons (Fsp3) is 0.400. The van der Waals surface area contributed by atoms with Crippen LogP contribution in [0.15, 0.2) is 56.6 Å². The third-order valence-electron chi connectivity index (χ3n) is 6.74. The Labute approximate surface area is 188 Å². The normalized spacial score (nSPS) is 17.7. The summed E-state index contributed by atoms with van der Waals surface area (Å²) in [6.07, 6.45) is 3.99. The van der Waals surface area contributed by atoms with Crippen molar-refractivity contribution in [3.63, 3.8) is 0 Å². The largest absolute Gasteiger partial charge is 0.423 e. The summed E-state index contributed by atoms with van der Waals surface area (Å²) in [7, 11) is -3.49. The second-order valence-electron chi connectivity index (χ2n) is 8.74. The molecule has 2 aromatic carbocycles. The van der Waals surface area contributed by atoms with Crippen LogP contribution in [0.3, 0.4) is 0 Å². The fourth-order valence-corrected chi connectivity index (χ4v) is 6.33. The van der Waals surface area contributed by atoms with Crippen molar-refractivity contribution < 1.29 is 12.8 Å². The van der Waals surface area contributed by atoms with Crippen molar-refractivity contribution in [1.82, 2.24) is 9.21 Å². The first-order chi connectivity index (χ1) is 15.4. The number of nitrogens with zero attached hydrogens (tertiary/aromatic N) is 2. The molecular weight excluding hydrogens is 424 g/mol. The molecule has 1 aliphatic carbocycles. The van der Waals surface area contributed by atoms with Crippen molar-refractivity contribution >= 4 is 21.0 Å². The van der Waals surface area contributed by atoms with Gasteiger partial charge in [-0.15, -0.1) is 0 Å². The van der Waals surface area contributed by atoms with Crippen LogP contribution in [0, 0.1) is 0 Å². The van der Waals surface area contributed by atoms with Gasteiger partial charge in [0.1, 0.15) is 5.58 Å². The van der Waals surface area contributed by atoms with Gasteiger partial charge >= 0.3 is 5.63 Å². The van der Waals surface area contributed by atoms with Gasteiger partial charge in [0.2, 0.25) is 10.0 Å². The quantitative estimate of drug-likeness (QED) is 0.555. The molecule has 32 heavy (non-hydrogen) atoms. The van der Waals surface area contributed by atoms with E-state index in [1.54, 1.807) is 16.4 Å². The molecule has 7 heteroatoms. The SMILES string of the molecule is CCc1ccc2c(CN3CCN(S(=O)(=O)c4ccc5c(c4)CCC5)CC3)cc(=O)oc2c1. The standard InChI is InChI=1S/C25H28N2O4S/c1-2-18-6-9-23-21(16-25(28)31-24(23)14-18)17-26-10-12-27(13-11-26)32(29,30)22-8-7-19-4-3-5-20(19)15-22/h6-9,14-16H,2-5,10-13,17H2,1H3. The lowest BCUT2D eigenvalue weighted by molar-refractivity contribution is 0.182. The molecule has 0 amide bonds. The zero-order valence-electron chi connectivity index (χ0n) is 18.3. The molecule has 1 aromatic heterocycles. The van der Waals surface area contributed by atoms with Crippen LogP contribution in [-0.4, -0.2) is 43.8 Å². The first-order valence-electron chi connectivity index (χ1n) is 11.3. The number of benzene rings is 2. The Morgan fingerprint density at radius 3 is 2.50 bits per heavy atom. The summed E-state index contributed by atoms with van der Waals surface area (Å²) in [4.78, 5) is 14.7. The maximum absolute atomic E-state index is 13.2. The molecule has 0 saturated carbocycles. The van der Waals surface area contributed by atoms with Gasteiger partial charge < -0.3 is 4.42 Å². The van der Waals surface area contributed by atoms with Gasteiger partial charge in [0.15, 0.2) is 0 Å². The Bertz CT molecular complexity index is 1320. The van der Waals surface area contributed by atoms with Crippen LogP contribution in [0.5, 0.6) is 0 Å². The molecule has 5 rings (SSSR count). The average molecular weight is 453 g/mol. The summed E-state index contributed by atoms with van der Waals surface area (Å²) in [6, 6.07) is 13.2. The summed E-state index contributed by atoms with van der Waals surface area (Å²) in [5, 5.41) is 0.940. The van der Waals surface area contributed by atoms with Gasteiger partial charge in [0, 0.05) is 44.2 Å². The maximum atomic E-state index is 13.2. The van der Waals surface area contributed by atoms with Crippen LogP contribution in [0.25, 0.3) is 11.0 Å². The van der Waals surface area contributed by atoms with Crippen molar-refractivity contribution in [3.05, 3.63) is 75.1 Å². The third kappa shape index (κ3) is 4.00. The van der Waals surface area contributed by atoms with Crippen LogP contribution >= 0.6 is 0 Å². The van der Waals surface area contributed by atoms with Crippen molar-refractivity contribution in [3.8, 4) is 0 Å². The van der Waals surface area contributed by atoms with E-state index in [4.69, 9.17) is 4.42 Å². The molecule has 0 bridgehead atoms. The van der Waals surface area contributed by atoms with E-state index in [2.05, 4.69) is 17.9 Å². The molecule has 0 atom stereocenters. The van der Waals surface area contributed by atoms with E-state index >= 15 is 0 Å². The second-order valence-corrected chi connectivity index (χ2v) is 10.7. The summed E-state index contributed by atoms with van der Waals surface area (Å²) < 4.78 is 33.4. The lowest BCUT2D eigenvalue weighted by Gasteiger charge is -2.34.